The van der Waals surface area contributed by atoms with Crippen molar-refractivity contribution in [3.05, 3.63) is 0 Å². The largest absolute Gasteiger partial charge is 0.397 e. The number of aliphatic hydroxyl groups is 4. The van der Waals surface area contributed by atoms with E-state index in [0.717, 1.165) is 51.4 Å². The Morgan fingerprint density at radius 3 is 1.27 bits per heavy atom. The first-order chi connectivity index (χ1) is 30.5. The summed E-state index contributed by atoms with van der Waals surface area (Å²) in [6, 6.07) is -0.852. The van der Waals surface area contributed by atoms with Crippen LogP contribution < -0.4 is 5.32 Å². The second-order valence-corrected chi connectivity index (χ2v) is 19.9. The van der Waals surface area contributed by atoms with Crippen molar-refractivity contribution in [3.8, 4) is 0 Å². The number of hydrogen-bond acceptors (Lipinski definition) is 10. The normalized spacial score (nSPS) is 20.3. The van der Waals surface area contributed by atoms with Gasteiger partial charge in [0, 0.05) is 6.42 Å². The van der Waals surface area contributed by atoms with Crippen LogP contribution in [0.2, 0.25) is 0 Å². The Morgan fingerprint density at radius 1 is 0.571 bits per heavy atom. The average Bonchev–Trinajstić information content (AvgIpc) is 3.25. The molecular weight excluding hydrogens is 823 g/mol. The van der Waals surface area contributed by atoms with E-state index in [1.807, 2.05) is 0 Å². The highest BCUT2D eigenvalue weighted by Crippen LogP contribution is 2.26. The minimum absolute atomic E-state index is 0.225. The number of carbonyl (C=O) groups excluding carboxylic acids is 1. The van der Waals surface area contributed by atoms with E-state index in [0.29, 0.717) is 12.8 Å². The Balaban J connectivity index is 2.38. The molecule has 0 spiro atoms. The summed E-state index contributed by atoms with van der Waals surface area (Å²) in [5.41, 5.74) is 0. The summed E-state index contributed by atoms with van der Waals surface area (Å²) < 4.78 is 47.8. The highest BCUT2D eigenvalue weighted by molar-refractivity contribution is 7.80. The lowest BCUT2D eigenvalue weighted by atomic mass is 9.99. The summed E-state index contributed by atoms with van der Waals surface area (Å²) in [6.07, 6.45) is 36.7. The Hall–Kier alpha value is -0.900. The first-order valence-electron chi connectivity index (χ1n) is 26.4. The molecule has 1 saturated heterocycles. The van der Waals surface area contributed by atoms with Crippen molar-refractivity contribution in [1.82, 2.24) is 5.32 Å². The van der Waals surface area contributed by atoms with Crippen molar-refractivity contribution in [2.45, 2.75) is 301 Å². The highest BCUT2D eigenvalue weighted by atomic mass is 32.3. The fourth-order valence-electron chi connectivity index (χ4n) is 8.81. The van der Waals surface area contributed by atoms with Crippen LogP contribution in [0.25, 0.3) is 0 Å². The van der Waals surface area contributed by atoms with Gasteiger partial charge in [-0.2, -0.15) is 8.42 Å². The van der Waals surface area contributed by atoms with Gasteiger partial charge in [0.15, 0.2) is 6.29 Å². The van der Waals surface area contributed by atoms with Crippen molar-refractivity contribution in [1.29, 1.82) is 0 Å². The van der Waals surface area contributed by atoms with Gasteiger partial charge in [0.25, 0.3) is 0 Å². The lowest BCUT2D eigenvalue weighted by Crippen LogP contribution is -2.61. The summed E-state index contributed by atoms with van der Waals surface area (Å²) in [5, 5.41) is 45.0. The maximum Gasteiger partial charge on any atom is 0.397 e. The average molecular weight is 922 g/mol. The van der Waals surface area contributed by atoms with Gasteiger partial charge in [0.05, 0.1) is 25.4 Å². The Kier molecular flexibility index (Phi) is 39.4. The van der Waals surface area contributed by atoms with E-state index in [2.05, 4.69) is 23.3 Å². The first-order valence-corrected chi connectivity index (χ1v) is 27.8. The van der Waals surface area contributed by atoms with Crippen molar-refractivity contribution in [2.75, 3.05) is 13.2 Å². The number of nitrogens with one attached hydrogen (secondary N) is 1. The lowest BCUT2D eigenvalue weighted by molar-refractivity contribution is -0.298. The fraction of sp³-hybridized carbons (Fsp3) is 0.980. The summed E-state index contributed by atoms with van der Waals surface area (Å²) in [5.74, 6) is -0.225. The number of unbranched alkanes of at least 4 members (excludes halogenated alkanes) is 34. The molecule has 1 heterocycles. The number of rotatable bonds is 46. The number of hydrogen-bond donors (Lipinski definition) is 6. The van der Waals surface area contributed by atoms with E-state index >= 15 is 0 Å². The minimum Gasteiger partial charge on any atom is -0.394 e. The smallest absolute Gasteiger partial charge is 0.394 e. The van der Waals surface area contributed by atoms with E-state index in [4.69, 9.17) is 9.47 Å². The zero-order valence-electron chi connectivity index (χ0n) is 40.4. The number of ether oxygens (including phenoxy) is 2. The second kappa shape index (κ2) is 41.3. The van der Waals surface area contributed by atoms with Gasteiger partial charge in [0.1, 0.15) is 24.4 Å². The third-order valence-electron chi connectivity index (χ3n) is 12.9. The molecule has 0 bridgehead atoms. The molecule has 63 heavy (non-hydrogen) atoms. The van der Waals surface area contributed by atoms with Gasteiger partial charge in [-0.15, -0.1) is 0 Å². The second-order valence-electron chi connectivity index (χ2n) is 18.8. The van der Waals surface area contributed by atoms with Crippen LogP contribution in [0, 0.1) is 0 Å². The molecule has 0 aromatic rings. The zero-order chi connectivity index (χ0) is 46.2. The molecule has 7 atom stereocenters. The molecule has 12 nitrogen and oxygen atoms in total. The summed E-state index contributed by atoms with van der Waals surface area (Å²) in [4.78, 5) is 13.1. The van der Waals surface area contributed by atoms with Crippen molar-refractivity contribution >= 4 is 16.3 Å². The molecule has 13 heteroatoms. The summed E-state index contributed by atoms with van der Waals surface area (Å²) >= 11 is 0. The van der Waals surface area contributed by atoms with Crippen LogP contribution in [-0.4, -0.2) is 95.4 Å². The quantitative estimate of drug-likeness (QED) is 0.0251. The summed E-state index contributed by atoms with van der Waals surface area (Å²) in [6.45, 7) is 3.48. The molecular formula is C50H99NO11S. The predicted molar refractivity (Wildman–Crippen MR) is 255 cm³/mol. The van der Waals surface area contributed by atoms with E-state index < -0.39 is 59.9 Å². The molecule has 376 valence electrons. The number of carbonyl (C=O) groups is 1. The molecule has 6 N–H and O–H groups in total. The van der Waals surface area contributed by atoms with Gasteiger partial charge in [-0.25, -0.2) is 4.18 Å². The van der Waals surface area contributed by atoms with Gasteiger partial charge in [-0.3, -0.25) is 9.35 Å². The standard InChI is InChI=1S/C50H99NO11S/c1-3-5-7-9-11-13-15-17-19-20-21-22-23-24-25-26-27-29-31-33-35-37-39-44(53)43(42-60-50-48(56)49(62-63(57,58)59)47(55)45(41-52)61-50)51-46(54)40-38-36-34-32-30-28-18-16-14-12-10-8-6-4-2/h43-45,47-50,52-53,55-56H,3-42H2,1-2H3,(H,51,54)(H,57,58,59). The maximum atomic E-state index is 13.1. The van der Waals surface area contributed by atoms with Crippen LogP contribution in [0.4, 0.5) is 0 Å². The van der Waals surface area contributed by atoms with E-state index in [9.17, 15) is 38.2 Å². The molecule has 1 aliphatic rings. The molecule has 0 aromatic carbocycles. The number of aliphatic hydroxyl groups excluding tert-OH is 4. The monoisotopic (exact) mass is 922 g/mol. The SMILES string of the molecule is CCCCCCCCCCCCCCCCCCCCCCCCC(O)C(COC1OC(CO)C(O)C(OS(=O)(=O)O)C1O)NC(=O)CCCCCCCCCCCCCCCC. The summed E-state index contributed by atoms with van der Waals surface area (Å²) in [7, 11) is -5.07. The number of amides is 1. The van der Waals surface area contributed by atoms with E-state index in [-0.39, 0.29) is 12.5 Å². The van der Waals surface area contributed by atoms with Gasteiger partial charge in [-0.1, -0.05) is 239 Å². The molecule has 0 radical (unpaired) electrons. The lowest BCUT2D eigenvalue weighted by Gasteiger charge is -2.41. The van der Waals surface area contributed by atoms with Crippen LogP contribution in [0.3, 0.4) is 0 Å². The fourth-order valence-corrected chi connectivity index (χ4v) is 9.32. The Labute approximate surface area is 386 Å². The third-order valence-corrected chi connectivity index (χ3v) is 13.4. The molecule has 0 aromatic heterocycles. The molecule has 1 aliphatic heterocycles. The van der Waals surface area contributed by atoms with Crippen LogP contribution >= 0.6 is 0 Å². The minimum atomic E-state index is -5.07. The van der Waals surface area contributed by atoms with Crippen LogP contribution in [-0.2, 0) is 28.9 Å². The maximum absolute atomic E-state index is 13.1. The van der Waals surface area contributed by atoms with Gasteiger partial charge >= 0.3 is 10.4 Å². The van der Waals surface area contributed by atoms with Crippen LogP contribution in [0.1, 0.15) is 258 Å². The Bertz CT molecular complexity index is 1130. The van der Waals surface area contributed by atoms with Crippen LogP contribution in [0.15, 0.2) is 0 Å². The molecule has 1 rings (SSSR count). The van der Waals surface area contributed by atoms with E-state index in [1.54, 1.807) is 0 Å². The molecule has 0 saturated carbocycles. The molecule has 7 unspecified atom stereocenters. The van der Waals surface area contributed by atoms with Gasteiger partial charge in [-0.05, 0) is 12.8 Å². The topological polar surface area (TPSA) is 192 Å². The van der Waals surface area contributed by atoms with Gasteiger partial charge in [0.2, 0.25) is 5.91 Å². The van der Waals surface area contributed by atoms with Crippen LogP contribution in [0.5, 0.6) is 0 Å². The zero-order valence-corrected chi connectivity index (χ0v) is 41.2. The predicted octanol–water partition coefficient (Wildman–Crippen LogP) is 11.3. The molecule has 1 amide bonds. The Morgan fingerprint density at radius 2 is 0.921 bits per heavy atom. The first kappa shape index (κ1) is 60.1. The van der Waals surface area contributed by atoms with E-state index in [1.165, 1.54) is 180 Å². The van der Waals surface area contributed by atoms with Crippen molar-refractivity contribution < 1.29 is 51.8 Å². The third kappa shape index (κ3) is 34.1. The highest BCUT2D eigenvalue weighted by Gasteiger charge is 2.48. The molecule has 1 fully saturated rings. The van der Waals surface area contributed by atoms with Gasteiger partial charge < -0.3 is 35.2 Å². The van der Waals surface area contributed by atoms with Crippen molar-refractivity contribution in [2.24, 2.45) is 0 Å². The molecule has 0 aliphatic carbocycles. The van der Waals surface area contributed by atoms with Crippen molar-refractivity contribution in [3.63, 3.8) is 0 Å².